The average molecular weight is 420 g/mol. The Morgan fingerprint density at radius 1 is 1.07 bits per heavy atom. The van der Waals surface area contributed by atoms with Crippen molar-refractivity contribution in [3.63, 3.8) is 0 Å². The van der Waals surface area contributed by atoms with E-state index < -0.39 is 11.7 Å². The lowest BCUT2D eigenvalue weighted by Gasteiger charge is -2.53. The Balaban J connectivity index is 1.12. The van der Waals surface area contributed by atoms with Crippen molar-refractivity contribution in [3.8, 4) is 0 Å². The van der Waals surface area contributed by atoms with Gasteiger partial charge in [0.15, 0.2) is 0 Å². The van der Waals surface area contributed by atoms with Gasteiger partial charge in [0.05, 0.1) is 5.56 Å². The van der Waals surface area contributed by atoms with Gasteiger partial charge in [-0.15, -0.1) is 0 Å². The maximum atomic E-state index is 13.0. The predicted octanol–water partition coefficient (Wildman–Crippen LogP) is 4.25. The number of nitrogens with one attached hydrogen (secondary N) is 1. The summed E-state index contributed by atoms with van der Waals surface area (Å²) in [5.41, 5.74) is 0.265. The minimum Gasteiger partial charge on any atom is -0.351 e. The molecule has 7 heteroatoms. The van der Waals surface area contributed by atoms with Crippen LogP contribution in [0, 0.1) is 11.3 Å². The Morgan fingerprint density at radius 2 is 1.77 bits per heavy atom. The van der Waals surface area contributed by atoms with Gasteiger partial charge in [-0.3, -0.25) is 9.59 Å². The van der Waals surface area contributed by atoms with Crippen LogP contribution in [-0.2, 0) is 15.8 Å². The molecule has 4 fully saturated rings. The molecule has 2 saturated carbocycles. The molecular formula is C23H27F3N2O2. The molecule has 2 spiro atoms. The third-order valence-electron chi connectivity index (χ3n) is 8.04. The van der Waals surface area contributed by atoms with Crippen LogP contribution in [0.4, 0.5) is 13.2 Å². The van der Waals surface area contributed by atoms with Crippen molar-refractivity contribution in [1.29, 1.82) is 0 Å². The normalized spacial score (nSPS) is 25.8. The van der Waals surface area contributed by atoms with Crippen LogP contribution in [0.5, 0.6) is 0 Å². The van der Waals surface area contributed by atoms with Crippen LogP contribution in [0.3, 0.4) is 0 Å². The third kappa shape index (κ3) is 3.40. The van der Waals surface area contributed by atoms with Gasteiger partial charge in [-0.1, -0.05) is 18.2 Å². The number of rotatable bonds is 2. The molecule has 0 atom stereocenters. The molecule has 4 aliphatic rings. The fraction of sp³-hybridized carbons (Fsp3) is 0.652. The summed E-state index contributed by atoms with van der Waals surface area (Å²) in [4.78, 5) is 26.3. The highest BCUT2D eigenvalue weighted by Gasteiger charge is 2.53. The second-order valence-corrected chi connectivity index (χ2v) is 9.99. The van der Waals surface area contributed by atoms with E-state index in [0.29, 0.717) is 6.42 Å². The highest BCUT2D eigenvalue weighted by atomic mass is 19.4. The topological polar surface area (TPSA) is 49.4 Å². The Hall–Kier alpha value is -2.05. The summed E-state index contributed by atoms with van der Waals surface area (Å²) in [6.07, 6.45) is 2.32. The highest BCUT2D eigenvalue weighted by Crippen LogP contribution is 2.57. The van der Waals surface area contributed by atoms with Crippen molar-refractivity contribution in [1.82, 2.24) is 10.2 Å². The van der Waals surface area contributed by atoms with Gasteiger partial charge < -0.3 is 10.2 Å². The van der Waals surface area contributed by atoms with Crippen molar-refractivity contribution >= 4 is 11.8 Å². The molecule has 30 heavy (non-hydrogen) atoms. The Bertz CT molecular complexity index is 859. The Labute approximate surface area is 174 Å². The van der Waals surface area contributed by atoms with E-state index in [1.165, 1.54) is 12.1 Å². The first-order valence-corrected chi connectivity index (χ1v) is 10.9. The van der Waals surface area contributed by atoms with Gasteiger partial charge >= 0.3 is 6.18 Å². The third-order valence-corrected chi connectivity index (χ3v) is 8.04. The molecule has 2 aliphatic carbocycles. The Morgan fingerprint density at radius 3 is 2.37 bits per heavy atom. The number of hydrogen-bond donors (Lipinski definition) is 1. The van der Waals surface area contributed by atoms with E-state index >= 15 is 0 Å². The van der Waals surface area contributed by atoms with Crippen LogP contribution in [0.25, 0.3) is 0 Å². The summed E-state index contributed by atoms with van der Waals surface area (Å²) in [6.45, 7) is 1.48. The summed E-state index contributed by atoms with van der Waals surface area (Å²) in [5.74, 6) is 0.523. The van der Waals surface area contributed by atoms with Crippen LogP contribution in [0.1, 0.15) is 68.4 Å². The zero-order valence-corrected chi connectivity index (χ0v) is 16.9. The number of piperidine rings is 1. The molecule has 5 rings (SSSR count). The molecule has 2 aliphatic heterocycles. The van der Waals surface area contributed by atoms with Crippen molar-refractivity contribution in [2.24, 2.45) is 11.3 Å². The molecule has 0 radical (unpaired) electrons. The van der Waals surface area contributed by atoms with Crippen molar-refractivity contribution in [2.45, 2.75) is 69.0 Å². The highest BCUT2D eigenvalue weighted by molar-refractivity contribution is 5.83. The average Bonchev–Trinajstić information content (AvgIpc) is 3.06. The molecule has 1 N–H and O–H groups in total. The number of alkyl halides is 3. The fourth-order valence-corrected chi connectivity index (χ4v) is 6.20. The van der Waals surface area contributed by atoms with E-state index in [0.717, 1.165) is 69.7 Å². The van der Waals surface area contributed by atoms with Crippen molar-refractivity contribution < 1.29 is 22.8 Å². The van der Waals surface area contributed by atoms with Gasteiger partial charge in [0.25, 0.3) is 0 Å². The van der Waals surface area contributed by atoms with E-state index in [4.69, 9.17) is 0 Å². The first-order valence-electron chi connectivity index (χ1n) is 10.9. The largest absolute Gasteiger partial charge is 0.416 e. The zero-order valence-electron chi connectivity index (χ0n) is 16.9. The number of likely N-dealkylation sites (tertiary alicyclic amines) is 1. The first-order chi connectivity index (χ1) is 14.2. The van der Waals surface area contributed by atoms with E-state index in [1.54, 1.807) is 6.07 Å². The van der Waals surface area contributed by atoms with Crippen LogP contribution >= 0.6 is 0 Å². The summed E-state index contributed by atoms with van der Waals surface area (Å²) >= 11 is 0. The first kappa shape index (κ1) is 19.9. The van der Waals surface area contributed by atoms with Crippen LogP contribution < -0.4 is 5.32 Å². The van der Waals surface area contributed by atoms with Crippen LogP contribution in [-0.4, -0.2) is 35.3 Å². The molecule has 0 unspecified atom stereocenters. The maximum absolute atomic E-state index is 13.0. The molecule has 0 bridgehead atoms. The molecule has 4 nitrogen and oxygen atoms in total. The van der Waals surface area contributed by atoms with E-state index in [1.807, 2.05) is 4.90 Å². The summed E-state index contributed by atoms with van der Waals surface area (Å²) < 4.78 is 38.9. The summed E-state index contributed by atoms with van der Waals surface area (Å²) in [6, 6.07) is 5.73. The monoisotopic (exact) mass is 420 g/mol. The summed E-state index contributed by atoms with van der Waals surface area (Å²) in [5, 5.41) is 3.04. The Kier molecular flexibility index (Phi) is 4.46. The number of carbonyl (C=O) groups is 2. The molecule has 162 valence electrons. The lowest BCUT2D eigenvalue weighted by Crippen LogP contribution is -2.58. The number of amides is 2. The number of halogens is 3. The van der Waals surface area contributed by atoms with Crippen LogP contribution in [0.2, 0.25) is 0 Å². The van der Waals surface area contributed by atoms with E-state index in [9.17, 15) is 22.8 Å². The second kappa shape index (κ2) is 6.72. The van der Waals surface area contributed by atoms with Crippen molar-refractivity contribution in [3.05, 3.63) is 35.4 Å². The minimum atomic E-state index is -4.30. The standard InChI is InChI=1S/C23H27F3N2O2/c24-23(25,26)18-3-1-2-15(10-18)16-11-21(12-16)6-8-28(9-7-21)20(30)17-13-22(14-17)5-4-19(29)27-22/h1-3,10,16-17H,4-9,11-14H2,(H,27,29). The minimum absolute atomic E-state index is 0.0247. The maximum Gasteiger partial charge on any atom is 0.416 e. The lowest BCUT2D eigenvalue weighted by molar-refractivity contribution is -0.145. The van der Waals surface area contributed by atoms with Gasteiger partial charge in [0, 0.05) is 31.0 Å². The number of carbonyl (C=O) groups excluding carboxylic acids is 2. The van der Waals surface area contributed by atoms with E-state index in [2.05, 4.69) is 5.32 Å². The summed E-state index contributed by atoms with van der Waals surface area (Å²) in [7, 11) is 0. The van der Waals surface area contributed by atoms with Gasteiger partial charge in [-0.05, 0) is 67.9 Å². The number of nitrogens with zero attached hydrogens (tertiary/aromatic N) is 1. The molecule has 2 saturated heterocycles. The predicted molar refractivity (Wildman–Crippen MR) is 104 cm³/mol. The lowest BCUT2D eigenvalue weighted by atomic mass is 9.56. The second-order valence-electron chi connectivity index (χ2n) is 9.99. The van der Waals surface area contributed by atoms with Gasteiger partial charge in [0.1, 0.15) is 0 Å². The molecule has 1 aromatic rings. The van der Waals surface area contributed by atoms with Gasteiger partial charge in [0.2, 0.25) is 11.8 Å². The zero-order chi connectivity index (χ0) is 21.1. The smallest absolute Gasteiger partial charge is 0.351 e. The molecule has 0 aromatic heterocycles. The molecule has 1 aromatic carbocycles. The van der Waals surface area contributed by atoms with Crippen LogP contribution in [0.15, 0.2) is 24.3 Å². The molecule has 2 heterocycles. The molecule has 2 amide bonds. The quantitative estimate of drug-likeness (QED) is 0.778. The fourth-order valence-electron chi connectivity index (χ4n) is 6.20. The van der Waals surface area contributed by atoms with Crippen molar-refractivity contribution in [2.75, 3.05) is 13.1 Å². The van der Waals surface area contributed by atoms with Gasteiger partial charge in [-0.25, -0.2) is 0 Å². The SMILES string of the molecule is O=C1CCC2(CC(C(=O)N3CCC4(CC3)CC(c3cccc(C(F)(F)F)c3)C4)C2)N1. The molecular weight excluding hydrogens is 393 g/mol. The van der Waals surface area contributed by atoms with Gasteiger partial charge in [-0.2, -0.15) is 13.2 Å². The number of hydrogen-bond acceptors (Lipinski definition) is 2. The van der Waals surface area contributed by atoms with E-state index in [-0.39, 0.29) is 34.6 Å². The number of benzene rings is 1.